The van der Waals surface area contributed by atoms with Crippen molar-refractivity contribution in [2.75, 3.05) is 13.1 Å². The fourth-order valence-corrected chi connectivity index (χ4v) is 3.68. The highest BCUT2D eigenvalue weighted by Gasteiger charge is 2.20. The highest BCUT2D eigenvalue weighted by atomic mass is 32.1. The van der Waals surface area contributed by atoms with E-state index in [0.29, 0.717) is 23.7 Å². The smallest absolute Gasteiger partial charge is 0.240 e. The molecule has 1 aromatic heterocycles. The Hall–Kier alpha value is -2.48. The van der Waals surface area contributed by atoms with Crippen molar-refractivity contribution in [1.29, 1.82) is 0 Å². The van der Waals surface area contributed by atoms with Gasteiger partial charge in [0.25, 0.3) is 0 Å². The second kappa shape index (κ2) is 9.64. The highest BCUT2D eigenvalue weighted by Crippen LogP contribution is 2.23. The van der Waals surface area contributed by atoms with Gasteiger partial charge in [-0.1, -0.05) is 49.1 Å². The molecule has 28 heavy (non-hydrogen) atoms. The van der Waals surface area contributed by atoms with Gasteiger partial charge < -0.3 is 10.6 Å². The van der Waals surface area contributed by atoms with Crippen LogP contribution in [0.1, 0.15) is 37.7 Å². The van der Waals surface area contributed by atoms with Crippen LogP contribution in [0.5, 0.6) is 0 Å². The average Bonchev–Trinajstić information content (AvgIpc) is 3.06. The number of benzene rings is 1. The summed E-state index contributed by atoms with van der Waals surface area (Å²) in [6, 6.07) is 7.89. The number of carbonyl (C=O) groups is 2. The largest absolute Gasteiger partial charge is 0.354 e. The third kappa shape index (κ3) is 5.28. The summed E-state index contributed by atoms with van der Waals surface area (Å²) in [6.45, 7) is 2.92. The van der Waals surface area contributed by atoms with Gasteiger partial charge in [-0.2, -0.15) is 5.10 Å². The highest BCUT2D eigenvalue weighted by molar-refractivity contribution is 7.71. The summed E-state index contributed by atoms with van der Waals surface area (Å²) >= 11 is 5.27. The Morgan fingerprint density at radius 1 is 1.14 bits per heavy atom. The van der Waals surface area contributed by atoms with Gasteiger partial charge in [0.15, 0.2) is 10.6 Å². The number of rotatable bonds is 7. The van der Waals surface area contributed by atoms with Crippen molar-refractivity contribution >= 4 is 24.0 Å². The molecule has 1 aliphatic rings. The molecule has 2 aromatic rings. The molecular formula is C20H27N5O2S. The molecule has 3 N–H and O–H groups in total. The zero-order valence-corrected chi connectivity index (χ0v) is 17.0. The summed E-state index contributed by atoms with van der Waals surface area (Å²) in [6.07, 6.45) is 5.42. The molecule has 1 fully saturated rings. The van der Waals surface area contributed by atoms with Crippen molar-refractivity contribution in [3.05, 3.63) is 34.6 Å². The Morgan fingerprint density at radius 3 is 2.54 bits per heavy atom. The topological polar surface area (TPSA) is 91.8 Å². The minimum absolute atomic E-state index is 0.0785. The fraction of sp³-hybridized carbons (Fsp3) is 0.500. The molecule has 1 aliphatic carbocycles. The molecule has 0 aliphatic heterocycles. The Morgan fingerprint density at radius 2 is 1.82 bits per heavy atom. The van der Waals surface area contributed by atoms with Crippen molar-refractivity contribution in [2.24, 2.45) is 5.92 Å². The zero-order chi connectivity index (χ0) is 19.9. The number of hydrogen-bond donors (Lipinski definition) is 3. The minimum Gasteiger partial charge on any atom is -0.354 e. The molecule has 1 saturated carbocycles. The van der Waals surface area contributed by atoms with Crippen LogP contribution in [0.2, 0.25) is 0 Å². The average molecular weight is 402 g/mol. The first-order valence-corrected chi connectivity index (χ1v) is 10.2. The monoisotopic (exact) mass is 401 g/mol. The number of hydrogen-bond acceptors (Lipinski definition) is 4. The van der Waals surface area contributed by atoms with Crippen molar-refractivity contribution in [3.8, 4) is 11.4 Å². The lowest BCUT2D eigenvalue weighted by molar-refractivity contribution is -0.126. The number of aromatic nitrogens is 3. The first-order chi connectivity index (χ1) is 13.5. The Balaban J connectivity index is 1.49. The fourth-order valence-electron chi connectivity index (χ4n) is 3.48. The number of amides is 2. The second-order valence-corrected chi connectivity index (χ2v) is 7.67. The molecule has 0 spiro atoms. The van der Waals surface area contributed by atoms with Crippen LogP contribution in [0, 0.1) is 17.6 Å². The van der Waals surface area contributed by atoms with E-state index in [1.807, 2.05) is 31.2 Å². The first-order valence-electron chi connectivity index (χ1n) is 9.81. The number of aryl methyl sites for hydroxylation is 1. The summed E-state index contributed by atoms with van der Waals surface area (Å²) in [5, 5.41) is 12.8. The predicted octanol–water partition coefficient (Wildman–Crippen LogP) is 2.73. The molecule has 0 unspecified atom stereocenters. The van der Waals surface area contributed by atoms with Crippen LogP contribution in [0.25, 0.3) is 11.4 Å². The molecule has 1 heterocycles. The van der Waals surface area contributed by atoms with Gasteiger partial charge in [0.05, 0.1) is 0 Å². The SMILES string of the molecule is Cc1ccc(-c2n[nH]c(=S)n2CC(=O)NCCNC(=O)C2CCCCC2)cc1. The van der Waals surface area contributed by atoms with E-state index in [-0.39, 0.29) is 24.3 Å². The molecule has 3 rings (SSSR count). The van der Waals surface area contributed by atoms with Crippen LogP contribution >= 0.6 is 12.2 Å². The lowest BCUT2D eigenvalue weighted by atomic mass is 9.89. The van der Waals surface area contributed by atoms with E-state index in [4.69, 9.17) is 12.2 Å². The Bertz CT molecular complexity index is 865. The van der Waals surface area contributed by atoms with Gasteiger partial charge >= 0.3 is 0 Å². The van der Waals surface area contributed by atoms with Gasteiger partial charge in [-0.3, -0.25) is 19.3 Å². The molecular weight excluding hydrogens is 374 g/mol. The van der Waals surface area contributed by atoms with Gasteiger partial charge in [0.1, 0.15) is 6.54 Å². The number of nitrogens with one attached hydrogen (secondary N) is 3. The second-order valence-electron chi connectivity index (χ2n) is 7.28. The molecule has 0 radical (unpaired) electrons. The summed E-state index contributed by atoms with van der Waals surface area (Å²) in [5.74, 6) is 0.696. The summed E-state index contributed by atoms with van der Waals surface area (Å²) in [5.41, 5.74) is 2.04. The minimum atomic E-state index is -0.169. The van der Waals surface area contributed by atoms with Gasteiger partial charge in [-0.05, 0) is 32.0 Å². The van der Waals surface area contributed by atoms with Crippen molar-refractivity contribution in [1.82, 2.24) is 25.4 Å². The number of aromatic amines is 1. The van der Waals surface area contributed by atoms with E-state index in [9.17, 15) is 9.59 Å². The maximum absolute atomic E-state index is 12.3. The standard InChI is InChI=1S/C20H27N5O2S/c1-14-7-9-15(10-8-14)18-23-24-20(28)25(18)13-17(26)21-11-12-22-19(27)16-5-3-2-4-6-16/h7-10,16H,2-6,11-13H2,1H3,(H,21,26)(H,22,27)(H,24,28). The van der Waals surface area contributed by atoms with Crippen LogP contribution in [0.15, 0.2) is 24.3 Å². The molecule has 7 nitrogen and oxygen atoms in total. The maximum Gasteiger partial charge on any atom is 0.240 e. The maximum atomic E-state index is 12.3. The van der Waals surface area contributed by atoms with Gasteiger partial charge in [0.2, 0.25) is 11.8 Å². The van der Waals surface area contributed by atoms with E-state index in [1.165, 1.54) is 6.42 Å². The third-order valence-electron chi connectivity index (χ3n) is 5.09. The third-order valence-corrected chi connectivity index (χ3v) is 5.40. The van der Waals surface area contributed by atoms with Crippen molar-refractivity contribution < 1.29 is 9.59 Å². The van der Waals surface area contributed by atoms with E-state index in [0.717, 1.165) is 36.8 Å². The van der Waals surface area contributed by atoms with Gasteiger partial charge in [0, 0.05) is 24.6 Å². The van der Waals surface area contributed by atoms with Gasteiger partial charge in [-0.25, -0.2) is 0 Å². The Kier molecular flexibility index (Phi) is 6.97. The number of H-pyrrole nitrogens is 1. The molecule has 8 heteroatoms. The number of carbonyl (C=O) groups excluding carboxylic acids is 2. The summed E-state index contributed by atoms with van der Waals surface area (Å²) < 4.78 is 2.08. The summed E-state index contributed by atoms with van der Waals surface area (Å²) in [7, 11) is 0. The van der Waals surface area contributed by atoms with Crippen LogP contribution in [-0.4, -0.2) is 39.7 Å². The lowest BCUT2D eigenvalue weighted by Crippen LogP contribution is -2.39. The lowest BCUT2D eigenvalue weighted by Gasteiger charge is -2.20. The van der Waals surface area contributed by atoms with Crippen LogP contribution < -0.4 is 10.6 Å². The zero-order valence-electron chi connectivity index (χ0n) is 16.2. The van der Waals surface area contributed by atoms with Crippen LogP contribution in [-0.2, 0) is 16.1 Å². The van der Waals surface area contributed by atoms with E-state index < -0.39 is 0 Å². The number of nitrogens with zero attached hydrogens (tertiary/aromatic N) is 2. The van der Waals surface area contributed by atoms with E-state index in [1.54, 1.807) is 4.57 Å². The molecule has 1 aromatic carbocycles. The van der Waals surface area contributed by atoms with Crippen LogP contribution in [0.3, 0.4) is 0 Å². The van der Waals surface area contributed by atoms with Crippen molar-refractivity contribution in [2.45, 2.75) is 45.6 Å². The quantitative estimate of drug-likeness (QED) is 0.491. The van der Waals surface area contributed by atoms with Crippen molar-refractivity contribution in [3.63, 3.8) is 0 Å². The normalized spacial score (nSPS) is 14.6. The molecule has 2 amide bonds. The van der Waals surface area contributed by atoms with Crippen LogP contribution in [0.4, 0.5) is 0 Å². The predicted molar refractivity (Wildman–Crippen MR) is 110 cm³/mol. The van der Waals surface area contributed by atoms with Gasteiger partial charge in [-0.15, -0.1) is 0 Å². The first kappa shape index (κ1) is 20.3. The molecule has 0 saturated heterocycles. The molecule has 0 atom stereocenters. The summed E-state index contributed by atoms with van der Waals surface area (Å²) in [4.78, 5) is 24.4. The van der Waals surface area contributed by atoms with E-state index in [2.05, 4.69) is 20.8 Å². The molecule has 0 bridgehead atoms. The Labute approximate surface area is 169 Å². The molecule has 150 valence electrons. The van der Waals surface area contributed by atoms with E-state index >= 15 is 0 Å².